The van der Waals surface area contributed by atoms with Crippen molar-refractivity contribution in [3.63, 3.8) is 0 Å². The van der Waals surface area contributed by atoms with Crippen molar-refractivity contribution in [3.05, 3.63) is 41.1 Å². The summed E-state index contributed by atoms with van der Waals surface area (Å²) < 4.78 is 10.6. The molecule has 4 unspecified atom stereocenters. The molecule has 4 atom stereocenters. The third kappa shape index (κ3) is 3.79. The highest BCUT2D eigenvalue weighted by atomic mass is 35.5. The molecule has 0 bridgehead atoms. The SMILES string of the molecule is O=C1CC2C(CC(O)C2CC=C(O)COc2cccc(Cl)c2)O1. The van der Waals surface area contributed by atoms with Gasteiger partial charge in [-0.3, -0.25) is 4.79 Å². The first-order valence-electron chi connectivity index (χ1n) is 7.67. The van der Waals surface area contributed by atoms with Crippen LogP contribution in [0.1, 0.15) is 19.3 Å². The normalized spacial score (nSPS) is 30.2. The van der Waals surface area contributed by atoms with Gasteiger partial charge in [0.05, 0.1) is 12.5 Å². The number of ether oxygens (including phenoxy) is 2. The standard InChI is InChI=1S/C17H19ClO5/c18-10-2-1-3-12(6-10)22-9-11(19)4-5-13-14-7-17(21)23-16(14)8-15(13)20/h1-4,6,13-16,19-20H,5,7-9H2. The van der Waals surface area contributed by atoms with Gasteiger partial charge in [-0.1, -0.05) is 17.7 Å². The first kappa shape index (κ1) is 16.1. The summed E-state index contributed by atoms with van der Waals surface area (Å²) in [4.78, 5) is 11.3. The van der Waals surface area contributed by atoms with Crippen molar-refractivity contribution >= 4 is 17.6 Å². The number of hydrogen-bond acceptors (Lipinski definition) is 5. The second-order valence-corrected chi connectivity index (χ2v) is 6.48. The van der Waals surface area contributed by atoms with Crippen LogP contribution < -0.4 is 4.74 Å². The number of hydrogen-bond donors (Lipinski definition) is 2. The molecule has 2 fully saturated rings. The van der Waals surface area contributed by atoms with Gasteiger partial charge in [0, 0.05) is 17.4 Å². The number of carbonyl (C=O) groups is 1. The molecule has 5 nitrogen and oxygen atoms in total. The number of aliphatic hydroxyl groups is 2. The number of aliphatic hydroxyl groups excluding tert-OH is 2. The predicted molar refractivity (Wildman–Crippen MR) is 84.4 cm³/mol. The second-order valence-electron chi connectivity index (χ2n) is 6.04. The van der Waals surface area contributed by atoms with E-state index >= 15 is 0 Å². The molecule has 0 aromatic heterocycles. The largest absolute Gasteiger partial charge is 0.509 e. The van der Waals surface area contributed by atoms with Crippen molar-refractivity contribution in [3.8, 4) is 5.75 Å². The van der Waals surface area contributed by atoms with Crippen LogP contribution in [0.5, 0.6) is 5.75 Å². The van der Waals surface area contributed by atoms with E-state index in [1.54, 1.807) is 30.3 Å². The maximum Gasteiger partial charge on any atom is 0.306 e. The summed E-state index contributed by atoms with van der Waals surface area (Å²) in [6, 6.07) is 6.94. The third-order valence-corrected chi connectivity index (χ3v) is 4.72. The molecule has 2 N–H and O–H groups in total. The van der Waals surface area contributed by atoms with Gasteiger partial charge >= 0.3 is 5.97 Å². The number of carbonyl (C=O) groups excluding carboxylic acids is 1. The smallest absolute Gasteiger partial charge is 0.306 e. The molecule has 124 valence electrons. The van der Waals surface area contributed by atoms with Gasteiger partial charge in [-0.15, -0.1) is 0 Å². The molecular weight excluding hydrogens is 320 g/mol. The van der Waals surface area contributed by atoms with Gasteiger partial charge in [0.15, 0.2) is 0 Å². The fraction of sp³-hybridized carbons (Fsp3) is 0.471. The summed E-state index contributed by atoms with van der Waals surface area (Å²) in [5.41, 5.74) is 0. The van der Waals surface area contributed by atoms with E-state index in [2.05, 4.69) is 0 Å². The highest BCUT2D eigenvalue weighted by Gasteiger charge is 2.48. The van der Waals surface area contributed by atoms with Gasteiger partial charge in [0.2, 0.25) is 0 Å². The number of fused-ring (bicyclic) bond motifs is 1. The Labute approximate surface area is 139 Å². The fourth-order valence-corrected chi connectivity index (χ4v) is 3.53. The Morgan fingerprint density at radius 2 is 2.30 bits per heavy atom. The van der Waals surface area contributed by atoms with Crippen molar-refractivity contribution in [1.82, 2.24) is 0 Å². The van der Waals surface area contributed by atoms with Crippen LogP contribution in [-0.4, -0.2) is 35.0 Å². The zero-order valence-corrected chi connectivity index (χ0v) is 13.3. The van der Waals surface area contributed by atoms with Crippen molar-refractivity contribution < 1.29 is 24.5 Å². The maximum atomic E-state index is 11.3. The lowest BCUT2D eigenvalue weighted by Gasteiger charge is -2.17. The topological polar surface area (TPSA) is 76.0 Å². The van der Waals surface area contributed by atoms with Gasteiger partial charge in [-0.25, -0.2) is 0 Å². The minimum Gasteiger partial charge on any atom is -0.509 e. The molecule has 0 spiro atoms. The van der Waals surface area contributed by atoms with E-state index in [0.717, 1.165) is 0 Å². The lowest BCUT2D eigenvalue weighted by molar-refractivity contribution is -0.141. The molecule has 1 aliphatic carbocycles. The highest BCUT2D eigenvalue weighted by molar-refractivity contribution is 6.30. The Balaban J connectivity index is 1.53. The van der Waals surface area contributed by atoms with Crippen LogP contribution in [0.15, 0.2) is 36.1 Å². The molecule has 1 aliphatic heterocycles. The number of allylic oxidation sites excluding steroid dienone is 1. The Morgan fingerprint density at radius 1 is 1.48 bits per heavy atom. The van der Waals surface area contributed by atoms with E-state index in [1.165, 1.54) is 0 Å². The summed E-state index contributed by atoms with van der Waals surface area (Å²) in [5, 5.41) is 20.6. The van der Waals surface area contributed by atoms with E-state index in [1.807, 2.05) is 0 Å². The average Bonchev–Trinajstić information content (AvgIpc) is 2.98. The van der Waals surface area contributed by atoms with E-state index in [-0.39, 0.29) is 36.3 Å². The van der Waals surface area contributed by atoms with Gasteiger partial charge in [0.25, 0.3) is 0 Å². The first-order chi connectivity index (χ1) is 11.0. The Bertz CT molecular complexity index is 615. The fourth-order valence-electron chi connectivity index (χ4n) is 3.35. The van der Waals surface area contributed by atoms with Crippen molar-refractivity contribution in [2.24, 2.45) is 11.8 Å². The van der Waals surface area contributed by atoms with Crippen molar-refractivity contribution in [1.29, 1.82) is 0 Å². The molecule has 1 heterocycles. The molecule has 1 aromatic rings. The summed E-state index contributed by atoms with van der Waals surface area (Å²) in [7, 11) is 0. The minimum atomic E-state index is -0.504. The Morgan fingerprint density at radius 3 is 3.09 bits per heavy atom. The van der Waals surface area contributed by atoms with Gasteiger partial charge in [-0.2, -0.15) is 0 Å². The quantitative estimate of drug-likeness (QED) is 0.637. The lowest BCUT2D eigenvalue weighted by Crippen LogP contribution is -2.19. The Hall–Kier alpha value is -1.72. The van der Waals surface area contributed by atoms with Gasteiger partial charge in [-0.05, 0) is 36.6 Å². The van der Waals surface area contributed by atoms with Crippen LogP contribution in [0.25, 0.3) is 0 Å². The van der Waals surface area contributed by atoms with E-state index in [9.17, 15) is 15.0 Å². The molecule has 0 radical (unpaired) electrons. The van der Waals surface area contributed by atoms with E-state index in [0.29, 0.717) is 30.0 Å². The van der Waals surface area contributed by atoms with Crippen LogP contribution >= 0.6 is 11.6 Å². The maximum absolute atomic E-state index is 11.3. The molecular formula is C17H19ClO5. The number of esters is 1. The molecule has 6 heteroatoms. The number of halogens is 1. The average molecular weight is 339 g/mol. The van der Waals surface area contributed by atoms with Crippen molar-refractivity contribution in [2.45, 2.75) is 31.5 Å². The zero-order valence-electron chi connectivity index (χ0n) is 12.5. The molecule has 1 saturated carbocycles. The highest BCUT2D eigenvalue weighted by Crippen LogP contribution is 2.43. The molecule has 0 amide bonds. The minimum absolute atomic E-state index is 0.0344. The van der Waals surface area contributed by atoms with Crippen LogP contribution in [0.2, 0.25) is 5.02 Å². The van der Waals surface area contributed by atoms with Gasteiger partial charge in [0.1, 0.15) is 24.2 Å². The number of benzene rings is 1. The predicted octanol–water partition coefficient (Wildman–Crippen LogP) is 2.86. The van der Waals surface area contributed by atoms with E-state index < -0.39 is 6.10 Å². The van der Waals surface area contributed by atoms with Crippen LogP contribution in [0.4, 0.5) is 0 Å². The molecule has 1 aromatic carbocycles. The second kappa shape index (κ2) is 6.81. The van der Waals surface area contributed by atoms with Crippen molar-refractivity contribution in [2.75, 3.05) is 6.61 Å². The molecule has 1 saturated heterocycles. The molecule has 2 aliphatic rings. The summed E-state index contributed by atoms with van der Waals surface area (Å²) >= 11 is 5.86. The van der Waals surface area contributed by atoms with Crippen LogP contribution in [0, 0.1) is 11.8 Å². The Kier molecular flexibility index (Phi) is 4.78. The van der Waals surface area contributed by atoms with E-state index in [4.69, 9.17) is 21.1 Å². The first-order valence-corrected chi connectivity index (χ1v) is 8.04. The summed E-state index contributed by atoms with van der Waals surface area (Å²) in [6.07, 6.45) is 2.28. The van der Waals surface area contributed by atoms with Crippen LogP contribution in [0.3, 0.4) is 0 Å². The lowest BCUT2D eigenvalue weighted by atomic mass is 9.89. The summed E-state index contributed by atoms with van der Waals surface area (Å²) in [6.45, 7) is 0.0344. The number of rotatable bonds is 5. The summed E-state index contributed by atoms with van der Waals surface area (Å²) in [5.74, 6) is 0.434. The molecule has 3 rings (SSSR count). The van der Waals surface area contributed by atoms with Crippen LogP contribution in [-0.2, 0) is 9.53 Å². The third-order valence-electron chi connectivity index (χ3n) is 4.49. The monoisotopic (exact) mass is 338 g/mol. The van der Waals surface area contributed by atoms with Gasteiger partial charge < -0.3 is 19.7 Å². The molecule has 23 heavy (non-hydrogen) atoms. The zero-order chi connectivity index (χ0) is 16.4.